The maximum Gasteiger partial charge on any atom is 0.271 e. The number of nitrogens with zero attached hydrogens (tertiary/aromatic N) is 1. The highest BCUT2D eigenvalue weighted by Gasteiger charge is 2.24. The first-order chi connectivity index (χ1) is 9.45. The molecule has 1 rings (SSSR count). The van der Waals surface area contributed by atoms with E-state index in [0.29, 0.717) is 0 Å². The second kappa shape index (κ2) is 5.98. The molecule has 0 spiro atoms. The highest BCUT2D eigenvalue weighted by Crippen LogP contribution is 2.26. The average Bonchev–Trinajstić information content (AvgIpc) is 2.34. The molecule has 3 N–H and O–H groups in total. The summed E-state index contributed by atoms with van der Waals surface area (Å²) in [6.07, 6.45) is 0. The van der Waals surface area contributed by atoms with E-state index in [4.69, 9.17) is 5.73 Å². The van der Waals surface area contributed by atoms with Crippen molar-refractivity contribution in [1.29, 1.82) is 0 Å². The van der Waals surface area contributed by atoms with Crippen molar-refractivity contribution in [3.05, 3.63) is 28.3 Å². The molecule has 0 aliphatic carbocycles. The highest BCUT2D eigenvalue weighted by molar-refractivity contribution is 7.89. The Morgan fingerprint density at radius 2 is 1.95 bits per heavy atom. The fourth-order valence-electron chi connectivity index (χ4n) is 1.51. The predicted octanol–water partition coefficient (Wildman–Crippen LogP) is 2.14. The van der Waals surface area contributed by atoms with Crippen molar-refractivity contribution >= 4 is 21.4 Å². The number of sulfonamides is 1. The quantitative estimate of drug-likeness (QED) is 0.490. The number of non-ortho nitro benzene ring substituents is 1. The van der Waals surface area contributed by atoms with Crippen molar-refractivity contribution < 1.29 is 13.3 Å². The Morgan fingerprint density at radius 1 is 1.38 bits per heavy atom. The number of nitro groups is 1. The van der Waals surface area contributed by atoms with Crippen molar-refractivity contribution in [3.63, 3.8) is 0 Å². The van der Waals surface area contributed by atoms with E-state index in [1.165, 1.54) is 0 Å². The van der Waals surface area contributed by atoms with Gasteiger partial charge in [0, 0.05) is 18.7 Å². The van der Waals surface area contributed by atoms with Crippen molar-refractivity contribution in [2.75, 3.05) is 12.3 Å². The first-order valence-corrected chi connectivity index (χ1v) is 7.97. The number of hydrogen-bond acceptors (Lipinski definition) is 5. The normalized spacial score (nSPS) is 13.9. The molecule has 0 saturated carbocycles. The highest BCUT2D eigenvalue weighted by atomic mass is 32.2. The van der Waals surface area contributed by atoms with Crippen LogP contribution in [0.2, 0.25) is 0 Å². The minimum atomic E-state index is -3.79. The summed E-state index contributed by atoms with van der Waals surface area (Å²) in [7, 11) is -3.79. The molecule has 0 amide bonds. The molecular formula is C13H21N3O4S. The van der Waals surface area contributed by atoms with Crippen molar-refractivity contribution in [2.24, 2.45) is 11.3 Å². The number of nitrogens with one attached hydrogen (secondary N) is 1. The fraction of sp³-hybridized carbons (Fsp3) is 0.538. The summed E-state index contributed by atoms with van der Waals surface area (Å²) in [5.41, 5.74) is 5.20. The summed E-state index contributed by atoms with van der Waals surface area (Å²) < 4.78 is 26.9. The third kappa shape index (κ3) is 4.40. The number of nitrogens with two attached hydrogens (primary N) is 1. The number of hydrogen-bond donors (Lipinski definition) is 2. The Kier molecular flexibility index (Phi) is 4.95. The SMILES string of the molecule is CC(CNS(=O)(=O)c1ccc([N+](=O)[O-])cc1N)C(C)(C)C. The lowest BCUT2D eigenvalue weighted by molar-refractivity contribution is -0.384. The minimum absolute atomic E-state index is 0.0382. The second-order valence-corrected chi connectivity index (χ2v) is 7.83. The number of nitrogen functional groups attached to an aromatic ring is 1. The smallest absolute Gasteiger partial charge is 0.271 e. The topological polar surface area (TPSA) is 115 Å². The molecule has 0 bridgehead atoms. The Labute approximate surface area is 124 Å². The molecule has 0 heterocycles. The molecule has 1 aromatic rings. The molecule has 0 radical (unpaired) electrons. The van der Waals surface area contributed by atoms with Gasteiger partial charge in [-0.3, -0.25) is 10.1 Å². The van der Waals surface area contributed by atoms with Gasteiger partial charge in [0.1, 0.15) is 4.90 Å². The van der Waals surface area contributed by atoms with Gasteiger partial charge < -0.3 is 5.73 Å². The molecule has 0 fully saturated rings. The summed E-state index contributed by atoms with van der Waals surface area (Å²) >= 11 is 0. The number of nitro benzene ring substituents is 1. The monoisotopic (exact) mass is 315 g/mol. The number of anilines is 1. The lowest BCUT2D eigenvalue weighted by Crippen LogP contribution is -2.34. The molecule has 7 nitrogen and oxygen atoms in total. The predicted molar refractivity (Wildman–Crippen MR) is 81.3 cm³/mol. The van der Waals surface area contributed by atoms with E-state index in [-0.39, 0.29) is 34.1 Å². The Morgan fingerprint density at radius 3 is 2.38 bits per heavy atom. The Bertz CT molecular complexity index is 635. The molecule has 1 aromatic carbocycles. The number of rotatable bonds is 5. The molecule has 0 aromatic heterocycles. The maximum absolute atomic E-state index is 12.2. The van der Waals surface area contributed by atoms with Crippen LogP contribution in [0, 0.1) is 21.4 Å². The molecule has 0 aliphatic rings. The third-order valence-electron chi connectivity index (χ3n) is 3.55. The van der Waals surface area contributed by atoms with Crippen LogP contribution in [0.15, 0.2) is 23.1 Å². The second-order valence-electron chi connectivity index (χ2n) is 6.10. The van der Waals surface area contributed by atoms with Gasteiger partial charge in [0.05, 0.1) is 10.6 Å². The van der Waals surface area contributed by atoms with Gasteiger partial charge in [0.15, 0.2) is 0 Å². The van der Waals surface area contributed by atoms with E-state index < -0.39 is 14.9 Å². The molecule has 1 atom stereocenters. The van der Waals surface area contributed by atoms with E-state index in [9.17, 15) is 18.5 Å². The lowest BCUT2D eigenvalue weighted by Gasteiger charge is -2.27. The molecule has 1 unspecified atom stereocenters. The molecule has 0 aliphatic heterocycles. The van der Waals surface area contributed by atoms with Crippen molar-refractivity contribution in [2.45, 2.75) is 32.6 Å². The van der Waals surface area contributed by atoms with E-state index in [1.807, 2.05) is 27.7 Å². The van der Waals surface area contributed by atoms with Crippen LogP contribution < -0.4 is 10.5 Å². The first kappa shape index (κ1) is 17.4. The van der Waals surface area contributed by atoms with E-state index in [2.05, 4.69) is 4.72 Å². The van der Waals surface area contributed by atoms with Crippen LogP contribution in [0.4, 0.5) is 11.4 Å². The van der Waals surface area contributed by atoms with Gasteiger partial charge in [-0.2, -0.15) is 0 Å². The van der Waals surface area contributed by atoms with Crippen molar-refractivity contribution in [1.82, 2.24) is 4.72 Å². The van der Waals surface area contributed by atoms with Gasteiger partial charge in [-0.25, -0.2) is 13.1 Å². The van der Waals surface area contributed by atoms with Gasteiger partial charge in [-0.1, -0.05) is 27.7 Å². The van der Waals surface area contributed by atoms with Gasteiger partial charge in [-0.05, 0) is 17.4 Å². The van der Waals surface area contributed by atoms with Gasteiger partial charge >= 0.3 is 0 Å². The van der Waals surface area contributed by atoms with Crippen LogP contribution in [0.25, 0.3) is 0 Å². The van der Waals surface area contributed by atoms with E-state index >= 15 is 0 Å². The average molecular weight is 315 g/mol. The summed E-state index contributed by atoms with van der Waals surface area (Å²) in [4.78, 5) is 9.86. The summed E-state index contributed by atoms with van der Waals surface area (Å²) in [5.74, 6) is 0.117. The first-order valence-electron chi connectivity index (χ1n) is 6.48. The van der Waals surface area contributed by atoms with Gasteiger partial charge in [0.25, 0.3) is 5.69 Å². The van der Waals surface area contributed by atoms with Gasteiger partial charge in [0.2, 0.25) is 10.0 Å². The molecular weight excluding hydrogens is 294 g/mol. The van der Waals surface area contributed by atoms with Crippen LogP contribution in [0.5, 0.6) is 0 Å². The summed E-state index contributed by atoms with van der Waals surface area (Å²) in [5, 5.41) is 10.6. The zero-order valence-corrected chi connectivity index (χ0v) is 13.4. The van der Waals surface area contributed by atoms with Gasteiger partial charge in [-0.15, -0.1) is 0 Å². The van der Waals surface area contributed by atoms with Crippen LogP contribution in [0.3, 0.4) is 0 Å². The Hall–Kier alpha value is -1.67. The molecule has 0 saturated heterocycles. The van der Waals surface area contributed by atoms with Crippen LogP contribution >= 0.6 is 0 Å². The van der Waals surface area contributed by atoms with Crippen LogP contribution in [-0.4, -0.2) is 19.9 Å². The zero-order valence-electron chi connectivity index (χ0n) is 12.6. The van der Waals surface area contributed by atoms with E-state index in [1.54, 1.807) is 0 Å². The standard InChI is InChI=1S/C13H21N3O4S/c1-9(13(2,3)4)8-15-21(19,20)12-6-5-10(16(17)18)7-11(12)14/h5-7,9,15H,8,14H2,1-4H3. The Balaban J connectivity index is 2.96. The van der Waals surface area contributed by atoms with Crippen LogP contribution in [0.1, 0.15) is 27.7 Å². The van der Waals surface area contributed by atoms with E-state index in [0.717, 1.165) is 18.2 Å². The summed E-state index contributed by atoms with van der Waals surface area (Å²) in [6, 6.07) is 3.32. The van der Waals surface area contributed by atoms with Crippen molar-refractivity contribution in [3.8, 4) is 0 Å². The maximum atomic E-state index is 12.2. The molecule has 118 valence electrons. The largest absolute Gasteiger partial charge is 0.397 e. The minimum Gasteiger partial charge on any atom is -0.397 e. The molecule has 21 heavy (non-hydrogen) atoms. The third-order valence-corrected chi connectivity index (χ3v) is 5.05. The van der Waals surface area contributed by atoms with Crippen LogP contribution in [-0.2, 0) is 10.0 Å². The lowest BCUT2D eigenvalue weighted by atomic mass is 9.82. The number of benzene rings is 1. The fourth-order valence-corrected chi connectivity index (χ4v) is 2.75. The molecule has 8 heteroatoms. The zero-order chi connectivity index (χ0) is 16.4. The summed E-state index contributed by atoms with van der Waals surface area (Å²) in [6.45, 7) is 8.27.